The third-order valence-electron chi connectivity index (χ3n) is 4.03. The number of nitrogens with zero attached hydrogens (tertiary/aromatic N) is 2. The van der Waals surface area contributed by atoms with Crippen LogP contribution in [-0.2, 0) is 6.54 Å². The largest absolute Gasteiger partial charge is 0.486 e. The van der Waals surface area contributed by atoms with E-state index in [2.05, 4.69) is 29.1 Å². The van der Waals surface area contributed by atoms with Crippen molar-refractivity contribution < 1.29 is 9.47 Å². The molecule has 1 aliphatic rings. The molecule has 1 aromatic carbocycles. The van der Waals surface area contributed by atoms with Gasteiger partial charge in [0.05, 0.1) is 5.39 Å². The number of anilines is 1. The first-order valence-corrected chi connectivity index (χ1v) is 8.37. The van der Waals surface area contributed by atoms with Gasteiger partial charge in [-0.1, -0.05) is 6.07 Å². The van der Waals surface area contributed by atoms with Crippen LogP contribution in [-0.4, -0.2) is 23.2 Å². The Hall–Kier alpha value is -2.34. The van der Waals surface area contributed by atoms with Gasteiger partial charge in [0.25, 0.3) is 0 Å². The van der Waals surface area contributed by atoms with Crippen molar-refractivity contribution in [2.75, 3.05) is 18.5 Å². The van der Waals surface area contributed by atoms with Gasteiger partial charge in [-0.15, -0.1) is 11.3 Å². The average molecular weight is 327 g/mol. The minimum Gasteiger partial charge on any atom is -0.486 e. The maximum Gasteiger partial charge on any atom is 0.161 e. The topological polar surface area (TPSA) is 56.3 Å². The molecule has 0 fully saturated rings. The fourth-order valence-corrected chi connectivity index (χ4v) is 3.70. The Balaban J connectivity index is 1.60. The van der Waals surface area contributed by atoms with Crippen molar-refractivity contribution >= 4 is 27.4 Å². The van der Waals surface area contributed by atoms with Gasteiger partial charge in [-0.05, 0) is 37.1 Å². The molecular weight excluding hydrogens is 310 g/mol. The first kappa shape index (κ1) is 14.3. The van der Waals surface area contributed by atoms with Crippen LogP contribution in [0.4, 0.5) is 5.82 Å². The van der Waals surface area contributed by atoms with E-state index in [9.17, 15) is 0 Å². The molecule has 0 aliphatic carbocycles. The summed E-state index contributed by atoms with van der Waals surface area (Å²) in [4.78, 5) is 11.1. The van der Waals surface area contributed by atoms with Crippen LogP contribution < -0.4 is 14.8 Å². The summed E-state index contributed by atoms with van der Waals surface area (Å²) in [5.41, 5.74) is 2.38. The third kappa shape index (κ3) is 2.59. The summed E-state index contributed by atoms with van der Waals surface area (Å²) in [6.07, 6.45) is 1.61. The number of nitrogens with one attached hydrogen (secondary N) is 1. The molecule has 0 amide bonds. The molecule has 3 heterocycles. The zero-order valence-electron chi connectivity index (χ0n) is 13.0. The first-order valence-electron chi connectivity index (χ1n) is 7.55. The number of aryl methyl sites for hydroxylation is 2. The molecule has 2 aromatic heterocycles. The fraction of sp³-hybridized carbons (Fsp3) is 0.294. The van der Waals surface area contributed by atoms with E-state index in [1.54, 1.807) is 17.7 Å². The molecule has 5 nitrogen and oxygen atoms in total. The van der Waals surface area contributed by atoms with E-state index in [1.807, 2.05) is 18.2 Å². The molecular formula is C17H17N3O2S. The van der Waals surface area contributed by atoms with Crippen LogP contribution >= 0.6 is 11.3 Å². The van der Waals surface area contributed by atoms with E-state index < -0.39 is 0 Å². The maximum absolute atomic E-state index is 5.63. The monoisotopic (exact) mass is 327 g/mol. The zero-order chi connectivity index (χ0) is 15.8. The number of aromatic nitrogens is 2. The van der Waals surface area contributed by atoms with Gasteiger partial charge in [0.2, 0.25) is 0 Å². The van der Waals surface area contributed by atoms with Crippen LogP contribution in [0.5, 0.6) is 11.5 Å². The van der Waals surface area contributed by atoms with E-state index in [0.29, 0.717) is 19.8 Å². The maximum atomic E-state index is 5.63. The van der Waals surface area contributed by atoms with Gasteiger partial charge in [-0.25, -0.2) is 9.97 Å². The van der Waals surface area contributed by atoms with E-state index in [0.717, 1.165) is 33.1 Å². The average Bonchev–Trinajstić information content (AvgIpc) is 2.88. The van der Waals surface area contributed by atoms with Crippen molar-refractivity contribution in [1.82, 2.24) is 9.97 Å². The van der Waals surface area contributed by atoms with Crippen LogP contribution in [0.25, 0.3) is 10.2 Å². The predicted molar refractivity (Wildman–Crippen MR) is 91.6 cm³/mol. The number of benzene rings is 1. The van der Waals surface area contributed by atoms with Crippen molar-refractivity contribution in [3.8, 4) is 11.5 Å². The molecule has 0 bridgehead atoms. The van der Waals surface area contributed by atoms with Crippen LogP contribution in [0.15, 0.2) is 24.5 Å². The Morgan fingerprint density at radius 3 is 2.83 bits per heavy atom. The minimum atomic E-state index is 0.601. The molecule has 0 spiro atoms. The SMILES string of the molecule is Cc1sc2ncnc(NCc3ccc4c(c3)OCCO4)c2c1C. The Labute approximate surface area is 138 Å². The zero-order valence-corrected chi connectivity index (χ0v) is 13.9. The van der Waals surface area contributed by atoms with Crippen molar-refractivity contribution in [1.29, 1.82) is 0 Å². The highest BCUT2D eigenvalue weighted by Gasteiger charge is 2.13. The third-order valence-corrected chi connectivity index (χ3v) is 5.15. The summed E-state index contributed by atoms with van der Waals surface area (Å²) in [5.74, 6) is 2.51. The highest BCUT2D eigenvalue weighted by atomic mass is 32.1. The summed E-state index contributed by atoms with van der Waals surface area (Å²) in [6.45, 7) is 6.13. The van der Waals surface area contributed by atoms with Gasteiger partial charge in [0.1, 0.15) is 30.2 Å². The van der Waals surface area contributed by atoms with Crippen LogP contribution in [0.2, 0.25) is 0 Å². The van der Waals surface area contributed by atoms with Gasteiger partial charge >= 0.3 is 0 Å². The van der Waals surface area contributed by atoms with Crippen molar-refractivity contribution in [2.45, 2.75) is 20.4 Å². The normalized spacial score (nSPS) is 13.3. The Kier molecular flexibility index (Phi) is 3.53. The lowest BCUT2D eigenvalue weighted by Crippen LogP contribution is -2.15. The van der Waals surface area contributed by atoms with Crippen LogP contribution in [0.3, 0.4) is 0 Å². The van der Waals surface area contributed by atoms with E-state index in [1.165, 1.54) is 10.4 Å². The highest BCUT2D eigenvalue weighted by Crippen LogP contribution is 2.33. The summed E-state index contributed by atoms with van der Waals surface area (Å²) < 4.78 is 11.2. The smallest absolute Gasteiger partial charge is 0.161 e. The Morgan fingerprint density at radius 2 is 1.96 bits per heavy atom. The lowest BCUT2D eigenvalue weighted by atomic mass is 10.2. The number of fused-ring (bicyclic) bond motifs is 2. The Morgan fingerprint density at radius 1 is 1.13 bits per heavy atom. The quantitative estimate of drug-likeness (QED) is 0.795. The highest BCUT2D eigenvalue weighted by molar-refractivity contribution is 7.18. The van der Waals surface area contributed by atoms with E-state index in [4.69, 9.17) is 9.47 Å². The second-order valence-electron chi connectivity index (χ2n) is 5.52. The number of thiophene rings is 1. The number of hydrogen-bond donors (Lipinski definition) is 1. The fourth-order valence-electron chi connectivity index (χ4n) is 2.70. The number of ether oxygens (including phenoxy) is 2. The van der Waals surface area contributed by atoms with Gasteiger partial charge in [-0.2, -0.15) is 0 Å². The van der Waals surface area contributed by atoms with E-state index >= 15 is 0 Å². The lowest BCUT2D eigenvalue weighted by molar-refractivity contribution is 0.171. The standard InChI is InChI=1S/C17H17N3O2S/c1-10-11(2)23-17-15(10)16(19-9-20-17)18-8-12-3-4-13-14(7-12)22-6-5-21-13/h3-4,7,9H,5-6,8H2,1-2H3,(H,18,19,20). The molecule has 1 aliphatic heterocycles. The molecule has 3 aromatic rings. The second-order valence-corrected chi connectivity index (χ2v) is 6.72. The molecule has 0 saturated heterocycles. The lowest BCUT2D eigenvalue weighted by Gasteiger charge is -2.19. The molecule has 0 saturated carbocycles. The molecule has 6 heteroatoms. The van der Waals surface area contributed by atoms with Crippen LogP contribution in [0.1, 0.15) is 16.0 Å². The number of hydrogen-bond acceptors (Lipinski definition) is 6. The minimum absolute atomic E-state index is 0.601. The van der Waals surface area contributed by atoms with E-state index in [-0.39, 0.29) is 0 Å². The van der Waals surface area contributed by atoms with Crippen molar-refractivity contribution in [2.24, 2.45) is 0 Å². The van der Waals surface area contributed by atoms with Crippen molar-refractivity contribution in [3.05, 3.63) is 40.5 Å². The molecule has 0 atom stereocenters. The molecule has 23 heavy (non-hydrogen) atoms. The molecule has 0 radical (unpaired) electrons. The molecule has 0 unspecified atom stereocenters. The second kappa shape index (κ2) is 5.70. The Bertz CT molecular complexity index is 876. The van der Waals surface area contributed by atoms with Crippen molar-refractivity contribution in [3.63, 3.8) is 0 Å². The summed E-state index contributed by atoms with van der Waals surface area (Å²) in [6, 6.07) is 6.03. The number of rotatable bonds is 3. The van der Waals surface area contributed by atoms with Crippen LogP contribution in [0, 0.1) is 13.8 Å². The summed E-state index contributed by atoms with van der Waals surface area (Å²) in [7, 11) is 0. The molecule has 1 N–H and O–H groups in total. The van der Waals surface area contributed by atoms with Gasteiger partial charge in [0, 0.05) is 11.4 Å². The molecule has 4 rings (SSSR count). The van der Waals surface area contributed by atoms with Gasteiger partial charge in [0.15, 0.2) is 11.5 Å². The molecule has 118 valence electrons. The van der Waals surface area contributed by atoms with Gasteiger partial charge in [-0.3, -0.25) is 0 Å². The summed E-state index contributed by atoms with van der Waals surface area (Å²) in [5, 5.41) is 4.54. The van der Waals surface area contributed by atoms with Gasteiger partial charge < -0.3 is 14.8 Å². The first-order chi connectivity index (χ1) is 11.2. The predicted octanol–water partition coefficient (Wildman–Crippen LogP) is 3.69. The summed E-state index contributed by atoms with van der Waals surface area (Å²) >= 11 is 1.71.